The van der Waals surface area contributed by atoms with Gasteiger partial charge in [0.25, 0.3) is 0 Å². The van der Waals surface area contributed by atoms with Crippen molar-refractivity contribution in [2.24, 2.45) is 0 Å². The molecule has 0 saturated carbocycles. The van der Waals surface area contributed by atoms with E-state index in [9.17, 15) is 9.59 Å². The highest BCUT2D eigenvalue weighted by atomic mass is 16.4. The van der Waals surface area contributed by atoms with Crippen LogP contribution in [0.1, 0.15) is 24.5 Å². The Hall–Kier alpha value is -1.85. The minimum Gasteiger partial charge on any atom is -0.481 e. The molecule has 1 aromatic heterocycles. The SMILES string of the molecule is O=C(O)CC(CC(=O)O)c1cnco1. The van der Waals surface area contributed by atoms with E-state index in [2.05, 4.69) is 4.98 Å². The zero-order valence-corrected chi connectivity index (χ0v) is 7.21. The van der Waals surface area contributed by atoms with Crippen molar-refractivity contribution in [3.63, 3.8) is 0 Å². The lowest BCUT2D eigenvalue weighted by atomic mass is 9.99. The Morgan fingerprint density at radius 2 is 1.93 bits per heavy atom. The molecule has 6 heteroatoms. The number of carboxylic acids is 2. The Morgan fingerprint density at radius 1 is 1.36 bits per heavy atom. The molecule has 0 atom stereocenters. The van der Waals surface area contributed by atoms with Crippen LogP contribution in [-0.4, -0.2) is 27.1 Å². The molecule has 14 heavy (non-hydrogen) atoms. The summed E-state index contributed by atoms with van der Waals surface area (Å²) in [4.78, 5) is 24.5. The lowest BCUT2D eigenvalue weighted by molar-refractivity contribution is -0.139. The molecule has 2 N–H and O–H groups in total. The first-order valence-corrected chi connectivity index (χ1v) is 3.91. The van der Waals surface area contributed by atoms with Crippen LogP contribution in [0.3, 0.4) is 0 Å². The Kier molecular flexibility index (Phi) is 3.22. The van der Waals surface area contributed by atoms with Gasteiger partial charge in [-0.2, -0.15) is 0 Å². The maximum absolute atomic E-state index is 10.4. The molecule has 0 fully saturated rings. The van der Waals surface area contributed by atoms with Crippen molar-refractivity contribution in [1.82, 2.24) is 4.98 Å². The van der Waals surface area contributed by atoms with Gasteiger partial charge in [-0.05, 0) is 0 Å². The lowest BCUT2D eigenvalue weighted by Gasteiger charge is -2.07. The number of rotatable bonds is 5. The van der Waals surface area contributed by atoms with Gasteiger partial charge in [0.1, 0.15) is 5.76 Å². The van der Waals surface area contributed by atoms with Gasteiger partial charge in [-0.1, -0.05) is 0 Å². The van der Waals surface area contributed by atoms with Gasteiger partial charge in [0, 0.05) is 5.92 Å². The summed E-state index contributed by atoms with van der Waals surface area (Å²) in [6, 6.07) is 0. The van der Waals surface area contributed by atoms with E-state index in [0.717, 1.165) is 6.39 Å². The number of aliphatic carboxylic acids is 2. The van der Waals surface area contributed by atoms with Gasteiger partial charge in [-0.25, -0.2) is 4.98 Å². The number of hydrogen-bond donors (Lipinski definition) is 2. The zero-order valence-electron chi connectivity index (χ0n) is 7.21. The van der Waals surface area contributed by atoms with Gasteiger partial charge < -0.3 is 14.6 Å². The predicted octanol–water partition coefficient (Wildman–Crippen LogP) is 0.708. The molecule has 0 spiro atoms. The maximum atomic E-state index is 10.4. The van der Waals surface area contributed by atoms with Crippen LogP contribution in [0.25, 0.3) is 0 Å². The minimum atomic E-state index is -1.06. The Bertz CT molecular complexity index is 302. The van der Waals surface area contributed by atoms with Gasteiger partial charge in [-0.15, -0.1) is 0 Å². The summed E-state index contributed by atoms with van der Waals surface area (Å²) < 4.78 is 4.86. The van der Waals surface area contributed by atoms with Crippen LogP contribution < -0.4 is 0 Å². The first-order valence-electron chi connectivity index (χ1n) is 3.91. The summed E-state index contributed by atoms with van der Waals surface area (Å²) >= 11 is 0. The number of oxazole rings is 1. The molecule has 0 aliphatic heterocycles. The van der Waals surface area contributed by atoms with Crippen molar-refractivity contribution in [2.75, 3.05) is 0 Å². The summed E-state index contributed by atoms with van der Waals surface area (Å²) in [5.74, 6) is -2.50. The maximum Gasteiger partial charge on any atom is 0.304 e. The van der Waals surface area contributed by atoms with Gasteiger partial charge in [0.15, 0.2) is 6.39 Å². The number of carbonyl (C=O) groups is 2. The molecule has 6 nitrogen and oxygen atoms in total. The molecule has 0 unspecified atom stereocenters. The van der Waals surface area contributed by atoms with Crippen molar-refractivity contribution in [2.45, 2.75) is 18.8 Å². The molecule has 1 rings (SSSR count). The highest BCUT2D eigenvalue weighted by Crippen LogP contribution is 2.22. The van der Waals surface area contributed by atoms with Crippen LogP contribution in [0.2, 0.25) is 0 Å². The van der Waals surface area contributed by atoms with E-state index in [1.54, 1.807) is 0 Å². The van der Waals surface area contributed by atoms with Gasteiger partial charge in [-0.3, -0.25) is 9.59 Å². The number of hydrogen-bond acceptors (Lipinski definition) is 4. The van der Waals surface area contributed by atoms with Crippen LogP contribution in [0, 0.1) is 0 Å². The molecule has 0 aliphatic rings. The van der Waals surface area contributed by atoms with Crippen LogP contribution in [0.4, 0.5) is 0 Å². The largest absolute Gasteiger partial charge is 0.481 e. The monoisotopic (exact) mass is 199 g/mol. The Labute approximate surface area is 79.2 Å². The average molecular weight is 199 g/mol. The lowest BCUT2D eigenvalue weighted by Crippen LogP contribution is -2.10. The third-order valence-corrected chi connectivity index (χ3v) is 1.70. The number of aromatic nitrogens is 1. The van der Waals surface area contributed by atoms with E-state index in [4.69, 9.17) is 14.6 Å². The van der Waals surface area contributed by atoms with Crippen molar-refractivity contribution in [3.05, 3.63) is 18.4 Å². The molecule has 0 aromatic carbocycles. The van der Waals surface area contributed by atoms with E-state index < -0.39 is 17.9 Å². The molecule has 0 amide bonds. The summed E-state index contributed by atoms with van der Waals surface area (Å²) in [6.45, 7) is 0. The van der Waals surface area contributed by atoms with Crippen molar-refractivity contribution in [1.29, 1.82) is 0 Å². The fourth-order valence-electron chi connectivity index (χ4n) is 1.12. The summed E-state index contributed by atoms with van der Waals surface area (Å²) in [7, 11) is 0. The van der Waals surface area contributed by atoms with Crippen LogP contribution >= 0.6 is 0 Å². The van der Waals surface area contributed by atoms with E-state index in [1.165, 1.54) is 6.20 Å². The second kappa shape index (κ2) is 4.40. The molecule has 1 heterocycles. The standard InChI is InChI=1S/C8H9NO5/c10-7(11)1-5(2-8(12)13)6-3-9-4-14-6/h3-5H,1-2H2,(H,10,11)(H,12,13). The van der Waals surface area contributed by atoms with Gasteiger partial charge in [0.05, 0.1) is 19.0 Å². The van der Waals surface area contributed by atoms with Crippen molar-refractivity contribution in [3.8, 4) is 0 Å². The predicted molar refractivity (Wildman–Crippen MR) is 43.7 cm³/mol. The van der Waals surface area contributed by atoms with Gasteiger partial charge in [0.2, 0.25) is 0 Å². The second-order valence-corrected chi connectivity index (χ2v) is 2.80. The van der Waals surface area contributed by atoms with E-state index >= 15 is 0 Å². The van der Waals surface area contributed by atoms with Crippen LogP contribution in [0.15, 0.2) is 17.0 Å². The smallest absolute Gasteiger partial charge is 0.304 e. The van der Waals surface area contributed by atoms with Crippen molar-refractivity contribution >= 4 is 11.9 Å². The summed E-state index contributed by atoms with van der Waals surface area (Å²) in [6.07, 6.45) is 1.92. The molecular weight excluding hydrogens is 190 g/mol. The summed E-state index contributed by atoms with van der Waals surface area (Å²) in [5, 5.41) is 17.1. The fraction of sp³-hybridized carbons (Fsp3) is 0.375. The van der Waals surface area contributed by atoms with Crippen LogP contribution in [0.5, 0.6) is 0 Å². The molecule has 0 bridgehead atoms. The Balaban J connectivity index is 2.71. The topological polar surface area (TPSA) is 101 Å². The van der Waals surface area contributed by atoms with E-state index in [-0.39, 0.29) is 18.6 Å². The van der Waals surface area contributed by atoms with E-state index in [1.807, 2.05) is 0 Å². The third-order valence-electron chi connectivity index (χ3n) is 1.70. The fourth-order valence-corrected chi connectivity index (χ4v) is 1.12. The second-order valence-electron chi connectivity index (χ2n) is 2.80. The third kappa shape index (κ3) is 2.89. The highest BCUT2D eigenvalue weighted by Gasteiger charge is 2.21. The summed E-state index contributed by atoms with van der Waals surface area (Å²) in [5.41, 5.74) is 0. The molecule has 76 valence electrons. The number of nitrogens with zero attached hydrogens (tertiary/aromatic N) is 1. The minimum absolute atomic E-state index is 0.276. The molecule has 0 aliphatic carbocycles. The molecule has 0 radical (unpaired) electrons. The zero-order chi connectivity index (χ0) is 10.6. The van der Waals surface area contributed by atoms with Gasteiger partial charge >= 0.3 is 11.9 Å². The van der Waals surface area contributed by atoms with Crippen LogP contribution in [-0.2, 0) is 9.59 Å². The quantitative estimate of drug-likeness (QED) is 0.724. The first-order chi connectivity index (χ1) is 6.59. The van der Waals surface area contributed by atoms with E-state index in [0.29, 0.717) is 0 Å². The first kappa shape index (κ1) is 10.2. The normalized spacial score (nSPS) is 10.4. The Morgan fingerprint density at radius 3 is 2.29 bits per heavy atom. The van der Waals surface area contributed by atoms with Crippen molar-refractivity contribution < 1.29 is 24.2 Å². The molecular formula is C8H9NO5. The molecule has 0 saturated heterocycles. The average Bonchev–Trinajstić information content (AvgIpc) is 2.52. The number of carboxylic acid groups (broad SMARTS) is 2. The molecule has 1 aromatic rings. The highest BCUT2D eigenvalue weighted by molar-refractivity contribution is 5.72.